The Bertz CT molecular complexity index is 381. The van der Waals surface area contributed by atoms with E-state index in [1.165, 1.54) is 23.1 Å². The standard InChI is InChI=1S/C11H20N4OS2/c1-5-12-10-14-15-11(18-10)17-8(4)9(16)13-6-7(2)3/h7-8H,5-6H2,1-4H3,(H,12,14)(H,13,16). The van der Waals surface area contributed by atoms with Crippen LogP contribution >= 0.6 is 23.1 Å². The minimum Gasteiger partial charge on any atom is -0.360 e. The van der Waals surface area contributed by atoms with Crippen LogP contribution in [0.25, 0.3) is 0 Å². The van der Waals surface area contributed by atoms with Gasteiger partial charge in [0.05, 0.1) is 5.25 Å². The fourth-order valence-corrected chi connectivity index (χ4v) is 3.12. The highest BCUT2D eigenvalue weighted by molar-refractivity contribution is 8.02. The number of hydrogen-bond acceptors (Lipinski definition) is 6. The van der Waals surface area contributed by atoms with E-state index in [0.717, 1.165) is 16.0 Å². The van der Waals surface area contributed by atoms with Crippen molar-refractivity contribution in [1.82, 2.24) is 15.5 Å². The molecule has 18 heavy (non-hydrogen) atoms. The molecule has 7 heteroatoms. The highest BCUT2D eigenvalue weighted by Crippen LogP contribution is 2.28. The zero-order valence-corrected chi connectivity index (χ0v) is 12.8. The van der Waals surface area contributed by atoms with Crippen LogP contribution in [0.15, 0.2) is 4.34 Å². The van der Waals surface area contributed by atoms with Gasteiger partial charge in [-0.3, -0.25) is 4.79 Å². The Morgan fingerprint density at radius 3 is 2.72 bits per heavy atom. The Morgan fingerprint density at radius 2 is 2.11 bits per heavy atom. The third-order valence-corrected chi connectivity index (χ3v) is 4.13. The molecule has 102 valence electrons. The molecule has 0 aliphatic rings. The van der Waals surface area contributed by atoms with Crippen LogP contribution in [0.3, 0.4) is 0 Å². The van der Waals surface area contributed by atoms with Crippen LogP contribution < -0.4 is 10.6 Å². The van der Waals surface area contributed by atoms with Crippen molar-refractivity contribution < 1.29 is 4.79 Å². The summed E-state index contributed by atoms with van der Waals surface area (Å²) in [6.07, 6.45) is 0. The molecule has 0 fully saturated rings. The predicted octanol–water partition coefficient (Wildman–Crippen LogP) is 2.22. The van der Waals surface area contributed by atoms with Gasteiger partial charge in [-0.1, -0.05) is 36.9 Å². The summed E-state index contributed by atoms with van der Waals surface area (Å²) >= 11 is 2.92. The SMILES string of the molecule is CCNc1nnc(SC(C)C(=O)NCC(C)C)s1. The molecule has 1 unspecified atom stereocenters. The molecular formula is C11H20N4OS2. The first-order chi connectivity index (χ1) is 8.52. The van der Waals surface area contributed by atoms with Crippen molar-refractivity contribution in [2.24, 2.45) is 5.92 Å². The van der Waals surface area contributed by atoms with E-state index < -0.39 is 0 Å². The fraction of sp³-hybridized carbons (Fsp3) is 0.727. The van der Waals surface area contributed by atoms with Crippen molar-refractivity contribution in [2.75, 3.05) is 18.4 Å². The smallest absolute Gasteiger partial charge is 0.233 e. The summed E-state index contributed by atoms with van der Waals surface area (Å²) in [5.74, 6) is 0.516. The second-order valence-corrected chi connectivity index (χ2v) is 6.87. The molecule has 0 bridgehead atoms. The van der Waals surface area contributed by atoms with Gasteiger partial charge in [-0.05, 0) is 19.8 Å². The van der Waals surface area contributed by atoms with E-state index >= 15 is 0 Å². The molecule has 1 aromatic rings. The normalized spacial score (nSPS) is 12.5. The molecule has 1 atom stereocenters. The van der Waals surface area contributed by atoms with Gasteiger partial charge in [0, 0.05) is 13.1 Å². The molecule has 1 amide bonds. The van der Waals surface area contributed by atoms with Crippen LogP contribution in [0.5, 0.6) is 0 Å². The lowest BCUT2D eigenvalue weighted by Gasteiger charge is -2.11. The van der Waals surface area contributed by atoms with E-state index in [1.807, 2.05) is 13.8 Å². The summed E-state index contributed by atoms with van der Waals surface area (Å²) in [6.45, 7) is 9.58. The maximum absolute atomic E-state index is 11.8. The second-order valence-electron chi connectivity index (χ2n) is 4.30. The largest absolute Gasteiger partial charge is 0.360 e. The van der Waals surface area contributed by atoms with Crippen LogP contribution in [0.1, 0.15) is 27.7 Å². The van der Waals surface area contributed by atoms with Gasteiger partial charge in [0.2, 0.25) is 11.0 Å². The molecule has 0 radical (unpaired) electrons. The second kappa shape index (κ2) is 7.58. The van der Waals surface area contributed by atoms with Crippen molar-refractivity contribution in [2.45, 2.75) is 37.3 Å². The lowest BCUT2D eigenvalue weighted by atomic mass is 10.2. The van der Waals surface area contributed by atoms with Gasteiger partial charge in [-0.25, -0.2) is 0 Å². The number of hydrogen-bond donors (Lipinski definition) is 2. The van der Waals surface area contributed by atoms with E-state index in [9.17, 15) is 4.79 Å². The summed E-state index contributed by atoms with van der Waals surface area (Å²) in [7, 11) is 0. The summed E-state index contributed by atoms with van der Waals surface area (Å²) < 4.78 is 0.818. The number of carbonyl (C=O) groups is 1. The molecule has 0 saturated carbocycles. The predicted molar refractivity (Wildman–Crippen MR) is 77.2 cm³/mol. The van der Waals surface area contributed by atoms with Crippen LogP contribution in [-0.2, 0) is 4.79 Å². The van der Waals surface area contributed by atoms with E-state index in [2.05, 4.69) is 34.7 Å². The van der Waals surface area contributed by atoms with Crippen molar-refractivity contribution in [3.05, 3.63) is 0 Å². The first-order valence-corrected chi connectivity index (χ1v) is 7.74. The van der Waals surface area contributed by atoms with Gasteiger partial charge in [0.1, 0.15) is 0 Å². The number of thioether (sulfide) groups is 1. The number of carbonyl (C=O) groups excluding carboxylic acids is 1. The fourth-order valence-electron chi connectivity index (χ4n) is 1.13. The Kier molecular flexibility index (Phi) is 6.42. The Morgan fingerprint density at radius 1 is 1.39 bits per heavy atom. The average Bonchev–Trinajstić information content (AvgIpc) is 2.73. The van der Waals surface area contributed by atoms with E-state index in [-0.39, 0.29) is 11.2 Å². The number of anilines is 1. The Balaban J connectivity index is 2.42. The number of rotatable bonds is 7. The van der Waals surface area contributed by atoms with Crippen LogP contribution in [0, 0.1) is 5.92 Å². The summed E-state index contributed by atoms with van der Waals surface area (Å²) in [6, 6.07) is 0. The minimum absolute atomic E-state index is 0.0499. The first-order valence-electron chi connectivity index (χ1n) is 6.04. The highest BCUT2D eigenvalue weighted by Gasteiger charge is 2.16. The monoisotopic (exact) mass is 288 g/mol. The van der Waals surface area contributed by atoms with Gasteiger partial charge in [-0.15, -0.1) is 10.2 Å². The summed E-state index contributed by atoms with van der Waals surface area (Å²) in [5, 5.41) is 14.7. The number of nitrogens with zero attached hydrogens (tertiary/aromatic N) is 2. The number of nitrogens with one attached hydrogen (secondary N) is 2. The van der Waals surface area contributed by atoms with Crippen LogP contribution in [-0.4, -0.2) is 34.4 Å². The molecule has 0 spiro atoms. The van der Waals surface area contributed by atoms with Crippen molar-refractivity contribution in [3.8, 4) is 0 Å². The van der Waals surface area contributed by atoms with Gasteiger partial charge in [0.15, 0.2) is 4.34 Å². The molecule has 0 saturated heterocycles. The van der Waals surface area contributed by atoms with E-state index in [4.69, 9.17) is 0 Å². The number of aromatic nitrogens is 2. The topological polar surface area (TPSA) is 66.9 Å². The van der Waals surface area contributed by atoms with Gasteiger partial charge < -0.3 is 10.6 Å². The van der Waals surface area contributed by atoms with Crippen molar-refractivity contribution >= 4 is 34.1 Å². The maximum Gasteiger partial charge on any atom is 0.233 e. The zero-order chi connectivity index (χ0) is 13.5. The Hall–Kier alpha value is -0.820. The highest BCUT2D eigenvalue weighted by atomic mass is 32.2. The van der Waals surface area contributed by atoms with E-state index in [1.54, 1.807) is 0 Å². The van der Waals surface area contributed by atoms with E-state index in [0.29, 0.717) is 12.5 Å². The molecule has 0 aliphatic carbocycles. The zero-order valence-electron chi connectivity index (χ0n) is 11.2. The third-order valence-electron chi connectivity index (χ3n) is 2.07. The van der Waals surface area contributed by atoms with Crippen molar-refractivity contribution in [1.29, 1.82) is 0 Å². The lowest BCUT2D eigenvalue weighted by Crippen LogP contribution is -2.33. The van der Waals surface area contributed by atoms with Crippen molar-refractivity contribution in [3.63, 3.8) is 0 Å². The summed E-state index contributed by atoms with van der Waals surface area (Å²) in [4.78, 5) is 11.8. The maximum atomic E-state index is 11.8. The molecule has 5 nitrogen and oxygen atoms in total. The minimum atomic E-state index is -0.147. The van der Waals surface area contributed by atoms with Crippen LogP contribution in [0.2, 0.25) is 0 Å². The number of amides is 1. The third kappa shape index (κ3) is 5.22. The molecule has 0 aromatic carbocycles. The molecule has 1 aromatic heterocycles. The van der Waals surface area contributed by atoms with Gasteiger partial charge in [0.25, 0.3) is 0 Å². The first kappa shape index (κ1) is 15.2. The lowest BCUT2D eigenvalue weighted by molar-refractivity contribution is -0.120. The molecule has 1 heterocycles. The summed E-state index contributed by atoms with van der Waals surface area (Å²) in [5.41, 5.74) is 0. The molecule has 1 rings (SSSR count). The molecule has 0 aliphatic heterocycles. The quantitative estimate of drug-likeness (QED) is 0.753. The molecule has 2 N–H and O–H groups in total. The Labute approximate surface area is 116 Å². The van der Waals surface area contributed by atoms with Crippen LogP contribution in [0.4, 0.5) is 5.13 Å². The molecular weight excluding hydrogens is 268 g/mol. The van der Waals surface area contributed by atoms with Gasteiger partial charge >= 0.3 is 0 Å². The van der Waals surface area contributed by atoms with Gasteiger partial charge in [-0.2, -0.15) is 0 Å². The average molecular weight is 288 g/mol.